The Hall–Kier alpha value is -2.44. The third kappa shape index (κ3) is 4.03. The largest absolute Gasteiger partial charge is 0.319 e. The summed E-state index contributed by atoms with van der Waals surface area (Å²) in [6.45, 7) is 0.0781. The van der Waals surface area contributed by atoms with Crippen LogP contribution in [0.5, 0.6) is 0 Å². The zero-order valence-electron chi connectivity index (χ0n) is 14.2. The molecule has 136 valence electrons. The third-order valence-corrected chi connectivity index (χ3v) is 5.07. The highest BCUT2D eigenvalue weighted by Crippen LogP contribution is 2.39. The van der Waals surface area contributed by atoms with E-state index in [1.165, 1.54) is 12.1 Å². The molecule has 2 N–H and O–H groups in total. The Morgan fingerprint density at radius 1 is 1.12 bits per heavy atom. The molecule has 2 aromatic rings. The number of anilines is 1. The number of carbonyl (C=O) groups is 1. The van der Waals surface area contributed by atoms with Crippen molar-refractivity contribution in [1.82, 2.24) is 5.32 Å². The van der Waals surface area contributed by atoms with Crippen molar-refractivity contribution in [1.29, 1.82) is 0 Å². The summed E-state index contributed by atoms with van der Waals surface area (Å²) >= 11 is 5.98. The molecule has 1 fully saturated rings. The molecule has 2 aromatic carbocycles. The molecule has 0 heterocycles. The first-order chi connectivity index (χ1) is 12.5. The van der Waals surface area contributed by atoms with Crippen LogP contribution in [0.3, 0.4) is 0 Å². The first-order valence-corrected chi connectivity index (χ1v) is 8.92. The van der Waals surface area contributed by atoms with Crippen LogP contribution in [0, 0.1) is 10.1 Å². The molecule has 0 radical (unpaired) electrons. The Labute approximate surface area is 156 Å². The molecule has 7 heteroatoms. The van der Waals surface area contributed by atoms with Crippen LogP contribution >= 0.6 is 11.6 Å². The highest BCUT2D eigenvalue weighted by molar-refractivity contribution is 6.30. The van der Waals surface area contributed by atoms with Gasteiger partial charge >= 0.3 is 0 Å². The van der Waals surface area contributed by atoms with Gasteiger partial charge in [0.15, 0.2) is 0 Å². The van der Waals surface area contributed by atoms with Crippen molar-refractivity contribution in [2.24, 2.45) is 0 Å². The van der Waals surface area contributed by atoms with Crippen molar-refractivity contribution >= 4 is 28.9 Å². The van der Waals surface area contributed by atoms with E-state index in [4.69, 9.17) is 11.6 Å². The molecule has 0 aliphatic heterocycles. The second-order valence-corrected chi connectivity index (χ2v) is 6.91. The molecule has 0 saturated heterocycles. The maximum Gasteiger partial charge on any atom is 0.292 e. The molecule has 0 bridgehead atoms. The van der Waals surface area contributed by atoms with Gasteiger partial charge in [-0.15, -0.1) is 0 Å². The van der Waals surface area contributed by atoms with E-state index in [0.29, 0.717) is 5.02 Å². The number of amides is 1. The van der Waals surface area contributed by atoms with Crippen LogP contribution in [-0.4, -0.2) is 17.4 Å². The minimum absolute atomic E-state index is 0.0781. The van der Waals surface area contributed by atoms with Crippen LogP contribution < -0.4 is 10.6 Å². The summed E-state index contributed by atoms with van der Waals surface area (Å²) in [5.41, 5.74) is 0.938. The van der Waals surface area contributed by atoms with E-state index in [1.54, 1.807) is 12.1 Å². The van der Waals surface area contributed by atoms with Gasteiger partial charge in [0.05, 0.1) is 11.5 Å². The number of carbonyl (C=O) groups excluding carboxylic acids is 1. The number of para-hydroxylation sites is 2. The molecule has 1 amide bonds. The van der Waals surface area contributed by atoms with E-state index in [1.807, 2.05) is 24.3 Å². The molecule has 1 aliphatic rings. The van der Waals surface area contributed by atoms with Gasteiger partial charge in [0, 0.05) is 16.6 Å². The quantitative estimate of drug-likeness (QED) is 0.585. The van der Waals surface area contributed by atoms with Crippen molar-refractivity contribution in [3.8, 4) is 0 Å². The van der Waals surface area contributed by atoms with Crippen molar-refractivity contribution in [2.45, 2.75) is 31.2 Å². The summed E-state index contributed by atoms with van der Waals surface area (Å²) in [5.74, 6) is -0.306. The Balaban J connectivity index is 1.69. The Morgan fingerprint density at radius 2 is 1.77 bits per heavy atom. The first-order valence-electron chi connectivity index (χ1n) is 8.54. The fraction of sp³-hybridized carbons (Fsp3) is 0.316. The van der Waals surface area contributed by atoms with Gasteiger partial charge in [-0.2, -0.15) is 0 Å². The predicted octanol–water partition coefficient (Wildman–Crippen LogP) is 4.25. The number of halogens is 1. The Bertz CT molecular complexity index is 802. The van der Waals surface area contributed by atoms with Crippen LogP contribution in [0.15, 0.2) is 48.5 Å². The van der Waals surface area contributed by atoms with Crippen LogP contribution in [0.4, 0.5) is 11.4 Å². The lowest BCUT2D eigenvalue weighted by Gasteiger charge is -2.31. The van der Waals surface area contributed by atoms with E-state index < -0.39 is 4.92 Å². The van der Waals surface area contributed by atoms with Crippen LogP contribution in [0.25, 0.3) is 0 Å². The summed E-state index contributed by atoms with van der Waals surface area (Å²) in [5, 5.41) is 17.7. The molecular formula is C19H20ClN3O3. The summed E-state index contributed by atoms with van der Waals surface area (Å²) in [6.07, 6.45) is 4.05. The lowest BCUT2D eigenvalue weighted by Crippen LogP contribution is -2.44. The molecule has 0 unspecified atom stereocenters. The molecule has 1 saturated carbocycles. The minimum Gasteiger partial charge on any atom is -0.319 e. The number of nitrogens with one attached hydrogen (secondary N) is 2. The van der Waals surface area contributed by atoms with Gasteiger partial charge in [-0.05, 0) is 36.6 Å². The molecule has 6 nitrogen and oxygen atoms in total. The molecule has 1 aliphatic carbocycles. The highest BCUT2D eigenvalue weighted by atomic mass is 35.5. The summed E-state index contributed by atoms with van der Waals surface area (Å²) in [4.78, 5) is 22.9. The van der Waals surface area contributed by atoms with Crippen molar-refractivity contribution < 1.29 is 9.72 Å². The third-order valence-electron chi connectivity index (χ3n) is 4.82. The summed E-state index contributed by atoms with van der Waals surface area (Å²) in [7, 11) is 0. The number of nitro groups is 1. The summed E-state index contributed by atoms with van der Waals surface area (Å²) < 4.78 is 0. The fourth-order valence-electron chi connectivity index (χ4n) is 3.50. The van der Waals surface area contributed by atoms with Crippen molar-refractivity contribution in [3.05, 3.63) is 69.2 Å². The molecule has 26 heavy (non-hydrogen) atoms. The van der Waals surface area contributed by atoms with Gasteiger partial charge in [-0.3, -0.25) is 20.2 Å². The Morgan fingerprint density at radius 3 is 2.42 bits per heavy atom. The van der Waals surface area contributed by atoms with Crippen LogP contribution in [-0.2, 0) is 10.3 Å². The zero-order valence-corrected chi connectivity index (χ0v) is 15.0. The lowest BCUT2D eigenvalue weighted by molar-refractivity contribution is -0.383. The van der Waals surface area contributed by atoms with Gasteiger partial charge in [-0.25, -0.2) is 0 Å². The number of benzene rings is 2. The average Bonchev–Trinajstić information content (AvgIpc) is 3.11. The van der Waals surface area contributed by atoms with E-state index in [2.05, 4.69) is 10.6 Å². The summed E-state index contributed by atoms with van der Waals surface area (Å²) in [6, 6.07) is 13.8. The average molecular weight is 374 g/mol. The maximum absolute atomic E-state index is 12.4. The lowest BCUT2D eigenvalue weighted by atomic mass is 9.88. The normalized spacial score (nSPS) is 15.6. The number of hydrogen-bond donors (Lipinski definition) is 2. The predicted molar refractivity (Wildman–Crippen MR) is 101 cm³/mol. The first kappa shape index (κ1) is 18.4. The molecule has 0 spiro atoms. The van der Waals surface area contributed by atoms with Gasteiger partial charge in [0.1, 0.15) is 5.69 Å². The van der Waals surface area contributed by atoms with E-state index in [9.17, 15) is 14.9 Å². The smallest absolute Gasteiger partial charge is 0.292 e. The topological polar surface area (TPSA) is 84.3 Å². The SMILES string of the molecule is O=C(CNC1(c2ccc(Cl)cc2)CCCC1)Nc1ccccc1[N+](=O)[O-]. The maximum atomic E-state index is 12.4. The van der Waals surface area contributed by atoms with Crippen molar-refractivity contribution in [2.75, 3.05) is 11.9 Å². The highest BCUT2D eigenvalue weighted by Gasteiger charge is 2.35. The number of hydrogen-bond acceptors (Lipinski definition) is 4. The Kier molecular flexibility index (Phi) is 5.54. The molecule has 0 aromatic heterocycles. The molecular weight excluding hydrogens is 354 g/mol. The number of nitrogens with zero attached hydrogens (tertiary/aromatic N) is 1. The van der Waals surface area contributed by atoms with E-state index in [-0.39, 0.29) is 29.4 Å². The second kappa shape index (κ2) is 7.85. The molecule has 0 atom stereocenters. The van der Waals surface area contributed by atoms with Gasteiger partial charge < -0.3 is 5.32 Å². The zero-order chi connectivity index (χ0) is 18.6. The fourth-order valence-corrected chi connectivity index (χ4v) is 3.62. The number of nitro benzene ring substituents is 1. The minimum atomic E-state index is -0.505. The number of rotatable bonds is 6. The standard InChI is InChI=1S/C19H20ClN3O3/c20-15-9-7-14(8-10-15)19(11-3-4-12-19)21-13-18(24)22-16-5-1-2-6-17(16)23(25)26/h1-2,5-10,21H,3-4,11-13H2,(H,22,24). The van der Waals surface area contributed by atoms with Crippen molar-refractivity contribution in [3.63, 3.8) is 0 Å². The second-order valence-electron chi connectivity index (χ2n) is 6.47. The van der Waals surface area contributed by atoms with Gasteiger partial charge in [0.2, 0.25) is 5.91 Å². The van der Waals surface area contributed by atoms with Crippen LogP contribution in [0.1, 0.15) is 31.2 Å². The molecule has 3 rings (SSSR count). The van der Waals surface area contributed by atoms with Gasteiger partial charge in [0.25, 0.3) is 5.69 Å². The van der Waals surface area contributed by atoms with Gasteiger partial charge in [-0.1, -0.05) is 48.7 Å². The van der Waals surface area contributed by atoms with E-state index >= 15 is 0 Å². The van der Waals surface area contributed by atoms with E-state index in [0.717, 1.165) is 31.2 Å². The monoisotopic (exact) mass is 373 g/mol. The van der Waals surface area contributed by atoms with Crippen LogP contribution in [0.2, 0.25) is 5.02 Å².